The number of carbonyl (C=O) groups is 3. The molecule has 6 nitrogen and oxygen atoms in total. The van der Waals surface area contributed by atoms with Crippen molar-refractivity contribution in [1.82, 2.24) is 10.2 Å². The van der Waals surface area contributed by atoms with Crippen LogP contribution in [0.25, 0.3) is 0 Å². The van der Waals surface area contributed by atoms with Gasteiger partial charge in [0.25, 0.3) is 5.91 Å². The summed E-state index contributed by atoms with van der Waals surface area (Å²) in [4.78, 5) is 36.9. The van der Waals surface area contributed by atoms with Gasteiger partial charge in [-0.2, -0.15) is 0 Å². The average molecular weight is 289 g/mol. The third-order valence-electron chi connectivity index (χ3n) is 3.46. The van der Waals surface area contributed by atoms with Crippen LogP contribution in [0.5, 0.6) is 0 Å². The van der Waals surface area contributed by atoms with E-state index >= 15 is 0 Å². The fraction of sp³-hybridized carbons (Fsp3) is 0.400. The van der Waals surface area contributed by atoms with Crippen molar-refractivity contribution in [2.45, 2.75) is 12.8 Å². The van der Waals surface area contributed by atoms with Gasteiger partial charge in [-0.05, 0) is 18.6 Å². The molecule has 1 atom stereocenters. The van der Waals surface area contributed by atoms with Crippen LogP contribution >= 0.6 is 0 Å². The van der Waals surface area contributed by atoms with Gasteiger partial charge in [-0.3, -0.25) is 14.4 Å². The number of carbonyl (C=O) groups excluding carboxylic acids is 3. The topological polar surface area (TPSA) is 78.5 Å². The van der Waals surface area contributed by atoms with Crippen molar-refractivity contribution in [3.8, 4) is 0 Å². The number of nitrogens with zero attached hydrogens (tertiary/aromatic N) is 1. The van der Waals surface area contributed by atoms with Gasteiger partial charge in [0.1, 0.15) is 0 Å². The van der Waals surface area contributed by atoms with E-state index in [-0.39, 0.29) is 23.6 Å². The summed E-state index contributed by atoms with van der Waals surface area (Å²) in [6.07, 6.45) is 0.887. The van der Waals surface area contributed by atoms with Gasteiger partial charge in [0.2, 0.25) is 11.8 Å². The minimum atomic E-state index is -0.259. The standard InChI is InChI=1S/C15H19N3O3/c1-18(2)15(21)11-5-3-4-6-12(11)17-14(20)10-7-8-13(19)16-9-10/h3-6,10H,7-9H2,1-2H3,(H,16,19)(H,17,20). The molecule has 21 heavy (non-hydrogen) atoms. The molecule has 2 N–H and O–H groups in total. The van der Waals surface area contributed by atoms with Crippen LogP contribution < -0.4 is 10.6 Å². The third-order valence-corrected chi connectivity index (χ3v) is 3.46. The highest BCUT2D eigenvalue weighted by atomic mass is 16.2. The Kier molecular flexibility index (Phi) is 4.57. The maximum atomic E-state index is 12.2. The molecule has 2 rings (SSSR count). The first-order chi connectivity index (χ1) is 9.99. The first-order valence-corrected chi connectivity index (χ1v) is 6.87. The first-order valence-electron chi connectivity index (χ1n) is 6.87. The molecule has 0 spiro atoms. The van der Waals surface area contributed by atoms with Crippen LogP contribution in [0.15, 0.2) is 24.3 Å². The maximum absolute atomic E-state index is 12.2. The Hall–Kier alpha value is -2.37. The van der Waals surface area contributed by atoms with Gasteiger partial charge >= 0.3 is 0 Å². The van der Waals surface area contributed by atoms with Crippen LogP contribution in [0.4, 0.5) is 5.69 Å². The van der Waals surface area contributed by atoms with E-state index in [1.165, 1.54) is 4.90 Å². The minimum absolute atomic E-state index is 0.0257. The van der Waals surface area contributed by atoms with Crippen molar-refractivity contribution >= 4 is 23.4 Å². The molecule has 1 aliphatic heterocycles. The predicted molar refractivity (Wildman–Crippen MR) is 78.8 cm³/mol. The molecule has 6 heteroatoms. The number of rotatable bonds is 3. The Balaban J connectivity index is 2.11. The van der Waals surface area contributed by atoms with Crippen molar-refractivity contribution in [3.05, 3.63) is 29.8 Å². The molecule has 0 aromatic heterocycles. The highest BCUT2D eigenvalue weighted by molar-refractivity contribution is 6.04. The number of para-hydroxylation sites is 1. The lowest BCUT2D eigenvalue weighted by atomic mass is 9.98. The maximum Gasteiger partial charge on any atom is 0.255 e. The van der Waals surface area contributed by atoms with Crippen LogP contribution in [0.1, 0.15) is 23.2 Å². The molecule has 1 aromatic rings. The summed E-state index contributed by atoms with van der Waals surface area (Å²) in [5, 5.41) is 5.47. The summed E-state index contributed by atoms with van der Waals surface area (Å²) in [6, 6.07) is 6.91. The summed E-state index contributed by atoms with van der Waals surface area (Å²) >= 11 is 0. The van der Waals surface area contributed by atoms with E-state index in [4.69, 9.17) is 0 Å². The lowest BCUT2D eigenvalue weighted by Crippen LogP contribution is -2.40. The smallest absolute Gasteiger partial charge is 0.255 e. The zero-order chi connectivity index (χ0) is 15.4. The van der Waals surface area contributed by atoms with Crippen molar-refractivity contribution in [3.63, 3.8) is 0 Å². The van der Waals surface area contributed by atoms with Crippen LogP contribution in [0, 0.1) is 5.92 Å². The van der Waals surface area contributed by atoms with Crippen molar-refractivity contribution in [2.24, 2.45) is 5.92 Å². The van der Waals surface area contributed by atoms with Crippen molar-refractivity contribution in [2.75, 3.05) is 26.0 Å². The Morgan fingerprint density at radius 1 is 1.29 bits per heavy atom. The molecule has 1 fully saturated rings. The normalized spacial score (nSPS) is 17.8. The second-order valence-corrected chi connectivity index (χ2v) is 5.27. The monoisotopic (exact) mass is 289 g/mol. The fourth-order valence-electron chi connectivity index (χ4n) is 2.21. The molecular formula is C15H19N3O3. The molecule has 0 radical (unpaired) electrons. The number of hydrogen-bond donors (Lipinski definition) is 2. The van der Waals surface area contributed by atoms with Gasteiger partial charge in [0, 0.05) is 27.1 Å². The number of amides is 3. The number of piperidine rings is 1. The first kappa shape index (κ1) is 15.0. The molecule has 0 saturated carbocycles. The Bertz CT molecular complexity index is 559. The predicted octanol–water partition coefficient (Wildman–Crippen LogP) is 0.853. The Morgan fingerprint density at radius 3 is 2.62 bits per heavy atom. The number of nitrogens with one attached hydrogen (secondary N) is 2. The molecular weight excluding hydrogens is 270 g/mol. The largest absolute Gasteiger partial charge is 0.355 e. The summed E-state index contributed by atoms with van der Waals surface area (Å²) in [5.41, 5.74) is 0.953. The second kappa shape index (κ2) is 6.39. The molecule has 112 valence electrons. The van der Waals surface area contributed by atoms with Crippen molar-refractivity contribution < 1.29 is 14.4 Å². The SMILES string of the molecule is CN(C)C(=O)c1ccccc1NC(=O)C1CCC(=O)NC1. The van der Waals surface area contributed by atoms with Gasteiger partial charge in [-0.15, -0.1) is 0 Å². The average Bonchev–Trinajstić information content (AvgIpc) is 2.47. The van der Waals surface area contributed by atoms with Gasteiger partial charge in [-0.1, -0.05) is 12.1 Å². The van der Waals surface area contributed by atoms with E-state index in [0.717, 1.165) is 0 Å². The van der Waals surface area contributed by atoms with E-state index in [9.17, 15) is 14.4 Å². The van der Waals surface area contributed by atoms with Crippen molar-refractivity contribution in [1.29, 1.82) is 0 Å². The van der Waals surface area contributed by atoms with E-state index in [1.807, 2.05) is 0 Å². The molecule has 0 bridgehead atoms. The molecule has 1 aliphatic rings. The molecule has 1 saturated heterocycles. The molecule has 0 aliphatic carbocycles. The minimum Gasteiger partial charge on any atom is -0.355 e. The molecule has 3 amide bonds. The lowest BCUT2D eigenvalue weighted by molar-refractivity contribution is -0.126. The van der Waals surface area contributed by atoms with E-state index in [2.05, 4.69) is 10.6 Å². The van der Waals surface area contributed by atoms with Crippen LogP contribution in [0.3, 0.4) is 0 Å². The van der Waals surface area contributed by atoms with Gasteiger partial charge in [0.05, 0.1) is 17.2 Å². The van der Waals surface area contributed by atoms with Gasteiger partial charge in [-0.25, -0.2) is 0 Å². The van der Waals surface area contributed by atoms with E-state index in [1.54, 1.807) is 38.4 Å². The highest BCUT2D eigenvalue weighted by Crippen LogP contribution is 2.19. The van der Waals surface area contributed by atoms with E-state index < -0.39 is 0 Å². The zero-order valence-electron chi connectivity index (χ0n) is 12.2. The molecule has 1 unspecified atom stereocenters. The second-order valence-electron chi connectivity index (χ2n) is 5.27. The van der Waals surface area contributed by atoms with Gasteiger partial charge < -0.3 is 15.5 Å². The molecule has 1 aromatic carbocycles. The van der Waals surface area contributed by atoms with Crippen LogP contribution in [-0.4, -0.2) is 43.3 Å². The number of hydrogen-bond acceptors (Lipinski definition) is 3. The van der Waals surface area contributed by atoms with E-state index in [0.29, 0.717) is 30.6 Å². The van der Waals surface area contributed by atoms with Crippen LogP contribution in [-0.2, 0) is 9.59 Å². The Labute approximate surface area is 123 Å². The lowest BCUT2D eigenvalue weighted by Gasteiger charge is -2.22. The third kappa shape index (κ3) is 3.59. The summed E-state index contributed by atoms with van der Waals surface area (Å²) in [5.74, 6) is -0.621. The number of anilines is 1. The van der Waals surface area contributed by atoms with Crippen LogP contribution in [0.2, 0.25) is 0 Å². The summed E-state index contributed by atoms with van der Waals surface area (Å²) < 4.78 is 0. The van der Waals surface area contributed by atoms with Gasteiger partial charge in [0.15, 0.2) is 0 Å². The quantitative estimate of drug-likeness (QED) is 0.866. The Morgan fingerprint density at radius 2 is 2.00 bits per heavy atom. The molecule has 1 heterocycles. The zero-order valence-corrected chi connectivity index (χ0v) is 12.2. The summed E-state index contributed by atoms with van der Waals surface area (Å²) in [7, 11) is 3.33. The fourth-order valence-corrected chi connectivity index (χ4v) is 2.21. The number of benzene rings is 1. The summed E-state index contributed by atoms with van der Waals surface area (Å²) in [6.45, 7) is 0.342. The highest BCUT2D eigenvalue weighted by Gasteiger charge is 2.25.